The highest BCUT2D eigenvalue weighted by atomic mass is 32.2. The Kier molecular flexibility index (Phi) is 6.41. The van der Waals surface area contributed by atoms with E-state index in [0.717, 1.165) is 37.1 Å². The van der Waals surface area contributed by atoms with E-state index in [1.807, 2.05) is 33.7 Å². The second-order valence-electron chi connectivity index (χ2n) is 7.42. The third-order valence-electron chi connectivity index (χ3n) is 5.43. The van der Waals surface area contributed by atoms with Gasteiger partial charge >= 0.3 is 0 Å². The number of carbonyl (C=O) groups excluding carboxylic acids is 1. The molecule has 0 spiro atoms. The van der Waals surface area contributed by atoms with Crippen molar-refractivity contribution in [3.63, 3.8) is 0 Å². The summed E-state index contributed by atoms with van der Waals surface area (Å²) in [7, 11) is 1.60. The average molecular weight is 441 g/mol. The molecule has 0 radical (unpaired) electrons. The molecule has 162 valence electrons. The number of carbonyl (C=O) groups is 1. The molecular formula is C22H24N4O4S. The number of para-hydroxylation sites is 2. The van der Waals surface area contributed by atoms with Crippen molar-refractivity contribution >= 4 is 34.4 Å². The van der Waals surface area contributed by atoms with Gasteiger partial charge in [0.25, 0.3) is 5.69 Å². The number of non-ortho nitro benzene ring substituents is 1. The minimum atomic E-state index is -0.433. The highest BCUT2D eigenvalue weighted by molar-refractivity contribution is 7.99. The Hall–Kier alpha value is -3.07. The van der Waals surface area contributed by atoms with Crippen LogP contribution in [0, 0.1) is 10.1 Å². The highest BCUT2D eigenvalue weighted by Crippen LogP contribution is 2.34. The molecule has 31 heavy (non-hydrogen) atoms. The number of benzene rings is 2. The van der Waals surface area contributed by atoms with Crippen molar-refractivity contribution in [2.24, 2.45) is 0 Å². The van der Waals surface area contributed by atoms with E-state index in [1.54, 1.807) is 13.2 Å². The van der Waals surface area contributed by atoms with Crippen LogP contribution >= 0.6 is 11.8 Å². The largest absolute Gasteiger partial charge is 0.495 e. The Morgan fingerprint density at radius 2 is 1.90 bits per heavy atom. The lowest BCUT2D eigenvalue weighted by molar-refractivity contribution is -0.384. The molecule has 0 N–H and O–H groups in total. The number of hydrogen-bond donors (Lipinski definition) is 0. The first-order valence-corrected chi connectivity index (χ1v) is 11.3. The van der Waals surface area contributed by atoms with E-state index in [0.29, 0.717) is 16.4 Å². The quantitative estimate of drug-likeness (QED) is 0.320. The van der Waals surface area contributed by atoms with E-state index in [2.05, 4.69) is 4.98 Å². The second kappa shape index (κ2) is 9.38. The van der Waals surface area contributed by atoms with E-state index in [4.69, 9.17) is 4.74 Å². The first kappa shape index (κ1) is 21.2. The maximum atomic E-state index is 12.8. The fourth-order valence-electron chi connectivity index (χ4n) is 3.84. The number of fused-ring (bicyclic) bond motifs is 1. The number of thioether (sulfide) groups is 1. The maximum absolute atomic E-state index is 12.8. The fraction of sp³-hybridized carbons (Fsp3) is 0.364. The van der Waals surface area contributed by atoms with Crippen LogP contribution in [0.15, 0.2) is 47.6 Å². The Bertz CT molecular complexity index is 1110. The zero-order valence-electron chi connectivity index (χ0n) is 17.3. The van der Waals surface area contributed by atoms with Crippen molar-refractivity contribution in [1.82, 2.24) is 14.5 Å². The molecular weight excluding hydrogens is 416 g/mol. The topological polar surface area (TPSA) is 90.5 Å². The van der Waals surface area contributed by atoms with Crippen LogP contribution in [0.25, 0.3) is 16.7 Å². The Labute approximate surface area is 184 Å². The number of nitro groups is 1. The summed E-state index contributed by atoms with van der Waals surface area (Å²) in [5, 5.41) is 11.8. The average Bonchev–Trinajstić information content (AvgIpc) is 2.94. The molecule has 1 aromatic heterocycles. The summed E-state index contributed by atoms with van der Waals surface area (Å²) in [6.45, 7) is 1.60. The van der Waals surface area contributed by atoms with Crippen molar-refractivity contribution in [2.75, 3.05) is 26.0 Å². The Morgan fingerprint density at radius 1 is 1.16 bits per heavy atom. The van der Waals surface area contributed by atoms with Crippen LogP contribution in [0.5, 0.6) is 5.75 Å². The molecule has 0 aliphatic carbocycles. The number of likely N-dealkylation sites (tertiary alicyclic amines) is 1. The van der Waals surface area contributed by atoms with Gasteiger partial charge in [0, 0.05) is 25.2 Å². The van der Waals surface area contributed by atoms with Gasteiger partial charge in [-0.3, -0.25) is 19.5 Å². The van der Waals surface area contributed by atoms with Crippen LogP contribution in [0.1, 0.15) is 25.7 Å². The van der Waals surface area contributed by atoms with Gasteiger partial charge < -0.3 is 9.64 Å². The summed E-state index contributed by atoms with van der Waals surface area (Å²) in [5.41, 5.74) is 1.98. The number of methoxy groups -OCH3 is 1. The molecule has 0 saturated carbocycles. The SMILES string of the molecule is COc1ccccc1-n1c(SCC(=O)N2CCCCCC2)nc2cc([N+](=O)[O-])ccc21. The minimum absolute atomic E-state index is 0.0191. The van der Waals surface area contributed by atoms with Gasteiger partial charge in [0.1, 0.15) is 5.75 Å². The van der Waals surface area contributed by atoms with Crippen LogP contribution in [0.4, 0.5) is 5.69 Å². The first-order chi connectivity index (χ1) is 15.1. The molecule has 1 saturated heterocycles. The van der Waals surface area contributed by atoms with E-state index in [-0.39, 0.29) is 17.3 Å². The van der Waals surface area contributed by atoms with Gasteiger partial charge in [0.15, 0.2) is 5.16 Å². The first-order valence-electron chi connectivity index (χ1n) is 10.3. The third-order valence-corrected chi connectivity index (χ3v) is 6.35. The number of amides is 1. The standard InChI is InChI=1S/C22H24N4O4S/c1-30-20-9-5-4-8-19(20)25-18-11-10-16(26(28)29)14-17(18)23-22(25)31-15-21(27)24-12-6-2-3-7-13-24/h4-5,8-11,14H,2-3,6-7,12-13,15H2,1H3. The highest BCUT2D eigenvalue weighted by Gasteiger charge is 2.21. The van der Waals surface area contributed by atoms with Gasteiger partial charge in [0.05, 0.1) is 34.5 Å². The van der Waals surface area contributed by atoms with Gasteiger partial charge in [-0.25, -0.2) is 4.98 Å². The molecule has 0 bridgehead atoms. The van der Waals surface area contributed by atoms with Gasteiger partial charge in [-0.05, 0) is 31.0 Å². The lowest BCUT2D eigenvalue weighted by Gasteiger charge is -2.20. The van der Waals surface area contributed by atoms with Gasteiger partial charge in [-0.2, -0.15) is 0 Å². The van der Waals surface area contributed by atoms with Crippen LogP contribution in [0.2, 0.25) is 0 Å². The lowest BCUT2D eigenvalue weighted by Crippen LogP contribution is -2.33. The second-order valence-corrected chi connectivity index (χ2v) is 8.36. The molecule has 8 nitrogen and oxygen atoms in total. The van der Waals surface area contributed by atoms with E-state index >= 15 is 0 Å². The summed E-state index contributed by atoms with van der Waals surface area (Å²) < 4.78 is 7.43. The normalized spacial score (nSPS) is 14.4. The number of aromatic nitrogens is 2. The van der Waals surface area contributed by atoms with Gasteiger partial charge in [-0.15, -0.1) is 0 Å². The molecule has 0 unspecified atom stereocenters. The predicted octanol–water partition coefficient (Wildman–Crippen LogP) is 4.44. The number of ether oxygens (including phenoxy) is 1. The van der Waals surface area contributed by atoms with E-state index < -0.39 is 4.92 Å². The fourth-order valence-corrected chi connectivity index (χ4v) is 4.77. The minimum Gasteiger partial charge on any atom is -0.495 e. The molecule has 4 rings (SSSR count). The van der Waals surface area contributed by atoms with Crippen LogP contribution < -0.4 is 4.74 Å². The Balaban J connectivity index is 1.71. The maximum Gasteiger partial charge on any atom is 0.271 e. The molecule has 2 aromatic carbocycles. The molecule has 9 heteroatoms. The van der Waals surface area contributed by atoms with Crippen LogP contribution in [-0.4, -0.2) is 51.2 Å². The Morgan fingerprint density at radius 3 is 2.61 bits per heavy atom. The van der Waals surface area contributed by atoms with Crippen molar-refractivity contribution < 1.29 is 14.5 Å². The number of nitrogens with zero attached hydrogens (tertiary/aromatic N) is 4. The molecule has 1 amide bonds. The van der Waals surface area contributed by atoms with E-state index in [1.165, 1.54) is 36.7 Å². The van der Waals surface area contributed by atoms with Crippen molar-refractivity contribution in [1.29, 1.82) is 0 Å². The molecule has 1 fully saturated rings. The predicted molar refractivity (Wildman–Crippen MR) is 120 cm³/mol. The number of hydrogen-bond acceptors (Lipinski definition) is 6. The van der Waals surface area contributed by atoms with E-state index in [9.17, 15) is 14.9 Å². The monoisotopic (exact) mass is 440 g/mol. The molecule has 0 atom stereocenters. The zero-order chi connectivity index (χ0) is 21.8. The molecule has 3 aromatic rings. The summed E-state index contributed by atoms with van der Waals surface area (Å²) in [6, 6.07) is 12.1. The molecule has 1 aliphatic heterocycles. The summed E-state index contributed by atoms with van der Waals surface area (Å²) in [4.78, 5) is 30.2. The van der Waals surface area contributed by atoms with Gasteiger partial charge in [0.2, 0.25) is 5.91 Å². The van der Waals surface area contributed by atoms with Crippen LogP contribution in [0.3, 0.4) is 0 Å². The number of imidazole rings is 1. The smallest absolute Gasteiger partial charge is 0.271 e. The number of nitro benzene ring substituents is 1. The summed E-state index contributed by atoms with van der Waals surface area (Å²) in [6.07, 6.45) is 4.41. The molecule has 2 heterocycles. The van der Waals surface area contributed by atoms with Crippen molar-refractivity contribution in [2.45, 2.75) is 30.8 Å². The summed E-state index contributed by atoms with van der Waals surface area (Å²) >= 11 is 1.34. The van der Waals surface area contributed by atoms with Crippen molar-refractivity contribution in [3.05, 3.63) is 52.6 Å². The zero-order valence-corrected chi connectivity index (χ0v) is 18.1. The lowest BCUT2D eigenvalue weighted by atomic mass is 10.2. The number of rotatable bonds is 6. The van der Waals surface area contributed by atoms with Crippen molar-refractivity contribution in [3.8, 4) is 11.4 Å². The molecule has 1 aliphatic rings. The third kappa shape index (κ3) is 4.51. The summed E-state index contributed by atoms with van der Waals surface area (Å²) in [5.74, 6) is 1.01. The van der Waals surface area contributed by atoms with Gasteiger partial charge in [-0.1, -0.05) is 36.7 Å². The van der Waals surface area contributed by atoms with Crippen LogP contribution in [-0.2, 0) is 4.79 Å².